The molecule has 1 aromatic carbocycles. The number of amides is 3. The van der Waals surface area contributed by atoms with E-state index in [2.05, 4.69) is 15.5 Å². The van der Waals surface area contributed by atoms with Crippen molar-refractivity contribution in [1.29, 1.82) is 0 Å². The summed E-state index contributed by atoms with van der Waals surface area (Å²) in [4.78, 5) is 38.4. The van der Waals surface area contributed by atoms with Crippen LogP contribution in [0.5, 0.6) is 0 Å². The molecule has 0 bridgehead atoms. The molecule has 4 rings (SSSR count). The van der Waals surface area contributed by atoms with E-state index in [9.17, 15) is 18.8 Å². The Balaban J connectivity index is 1.45. The van der Waals surface area contributed by atoms with Crippen LogP contribution < -0.4 is 5.32 Å². The maximum absolute atomic E-state index is 14.6. The molecule has 1 fully saturated rings. The highest BCUT2D eigenvalue weighted by Gasteiger charge is 2.30. The molecule has 0 saturated heterocycles. The topological polar surface area (TPSA) is 91.2 Å². The summed E-state index contributed by atoms with van der Waals surface area (Å²) in [6, 6.07) is 4.31. The van der Waals surface area contributed by atoms with Crippen molar-refractivity contribution < 1.29 is 18.8 Å². The maximum Gasteiger partial charge on any atom is 0.291 e. The smallest absolute Gasteiger partial charge is 0.291 e. The number of likely N-dealkylation sites (N-methyl/N-ethyl adjacent to an activating group) is 1. The van der Waals surface area contributed by atoms with E-state index in [1.807, 2.05) is 6.92 Å². The van der Waals surface area contributed by atoms with Gasteiger partial charge in [0.1, 0.15) is 5.82 Å². The SMILES string of the molecule is CCN(CCNC(=O)C1CC1)C(=O)c1cc(CC2N=NC(=O)C3=C2CCCC3)ccc1F. The third-order valence-electron chi connectivity index (χ3n) is 6.45. The van der Waals surface area contributed by atoms with Crippen molar-refractivity contribution in [2.24, 2.45) is 16.1 Å². The van der Waals surface area contributed by atoms with Gasteiger partial charge in [-0.3, -0.25) is 14.4 Å². The molecule has 8 heteroatoms. The van der Waals surface area contributed by atoms with Crippen LogP contribution in [0.25, 0.3) is 0 Å². The first-order valence-corrected chi connectivity index (χ1v) is 11.5. The Labute approximate surface area is 187 Å². The van der Waals surface area contributed by atoms with E-state index in [1.165, 1.54) is 11.0 Å². The molecule has 3 aliphatic rings. The van der Waals surface area contributed by atoms with Gasteiger partial charge >= 0.3 is 0 Å². The van der Waals surface area contributed by atoms with Gasteiger partial charge in [-0.05, 0) is 68.7 Å². The molecule has 1 aromatic rings. The van der Waals surface area contributed by atoms with Crippen LogP contribution in [0.4, 0.5) is 4.39 Å². The van der Waals surface area contributed by atoms with Crippen molar-refractivity contribution >= 4 is 17.7 Å². The summed E-state index contributed by atoms with van der Waals surface area (Å²) in [5.74, 6) is -1.07. The van der Waals surface area contributed by atoms with Gasteiger partial charge in [0.15, 0.2) is 0 Å². The Morgan fingerprint density at radius 1 is 1.22 bits per heavy atom. The molecule has 0 radical (unpaired) electrons. The molecule has 1 heterocycles. The number of nitrogens with zero attached hydrogens (tertiary/aromatic N) is 3. The summed E-state index contributed by atoms with van der Waals surface area (Å²) < 4.78 is 14.6. The first-order chi connectivity index (χ1) is 15.5. The number of benzene rings is 1. The van der Waals surface area contributed by atoms with Crippen molar-refractivity contribution in [1.82, 2.24) is 10.2 Å². The fourth-order valence-electron chi connectivity index (χ4n) is 4.42. The lowest BCUT2D eigenvalue weighted by Crippen LogP contribution is -2.39. The Hall–Kier alpha value is -2.90. The van der Waals surface area contributed by atoms with Crippen LogP contribution in [0.2, 0.25) is 0 Å². The monoisotopic (exact) mass is 440 g/mol. The lowest BCUT2D eigenvalue weighted by atomic mass is 9.84. The second-order valence-electron chi connectivity index (χ2n) is 8.72. The molecule has 32 heavy (non-hydrogen) atoms. The molecule has 0 aromatic heterocycles. The van der Waals surface area contributed by atoms with Gasteiger partial charge in [-0.25, -0.2) is 4.39 Å². The van der Waals surface area contributed by atoms with Crippen LogP contribution in [-0.2, 0) is 16.0 Å². The van der Waals surface area contributed by atoms with Crippen molar-refractivity contribution in [3.63, 3.8) is 0 Å². The zero-order valence-electron chi connectivity index (χ0n) is 18.4. The molecule has 170 valence electrons. The summed E-state index contributed by atoms with van der Waals surface area (Å²) in [6.07, 6.45) is 5.89. The minimum atomic E-state index is -0.572. The summed E-state index contributed by atoms with van der Waals surface area (Å²) in [6.45, 7) is 2.92. The van der Waals surface area contributed by atoms with E-state index in [0.29, 0.717) is 26.1 Å². The molecule has 1 unspecified atom stereocenters. The molecule has 1 atom stereocenters. The van der Waals surface area contributed by atoms with E-state index >= 15 is 0 Å². The van der Waals surface area contributed by atoms with Gasteiger partial charge in [0.05, 0.1) is 11.6 Å². The lowest BCUT2D eigenvalue weighted by molar-refractivity contribution is -0.122. The van der Waals surface area contributed by atoms with Crippen molar-refractivity contribution in [3.8, 4) is 0 Å². The number of carbonyl (C=O) groups is 3. The molecule has 0 spiro atoms. The van der Waals surface area contributed by atoms with Crippen LogP contribution in [0, 0.1) is 11.7 Å². The number of azo groups is 1. The average molecular weight is 441 g/mol. The summed E-state index contributed by atoms with van der Waals surface area (Å²) in [5.41, 5.74) is 2.61. The van der Waals surface area contributed by atoms with Gasteiger partial charge in [0.2, 0.25) is 5.91 Å². The zero-order valence-corrected chi connectivity index (χ0v) is 18.4. The van der Waals surface area contributed by atoms with E-state index in [4.69, 9.17) is 0 Å². The van der Waals surface area contributed by atoms with E-state index in [-0.39, 0.29) is 29.3 Å². The van der Waals surface area contributed by atoms with E-state index in [1.54, 1.807) is 12.1 Å². The minimum absolute atomic E-state index is 0.0135. The summed E-state index contributed by atoms with van der Waals surface area (Å²) >= 11 is 0. The van der Waals surface area contributed by atoms with Gasteiger partial charge < -0.3 is 10.2 Å². The largest absolute Gasteiger partial charge is 0.354 e. The second-order valence-corrected chi connectivity index (χ2v) is 8.72. The molecule has 1 saturated carbocycles. The highest BCUT2D eigenvalue weighted by molar-refractivity contribution is 5.96. The van der Waals surface area contributed by atoms with Crippen LogP contribution in [0.15, 0.2) is 39.6 Å². The number of halogens is 1. The van der Waals surface area contributed by atoms with Gasteiger partial charge in [-0.15, -0.1) is 5.11 Å². The molecular weight excluding hydrogens is 411 g/mol. The molecule has 1 N–H and O–H groups in total. The number of hydrogen-bond acceptors (Lipinski definition) is 4. The van der Waals surface area contributed by atoms with E-state index in [0.717, 1.165) is 55.2 Å². The summed E-state index contributed by atoms with van der Waals surface area (Å²) in [5, 5.41) is 10.9. The number of carbonyl (C=O) groups excluding carboxylic acids is 3. The molecule has 3 amide bonds. The van der Waals surface area contributed by atoms with Crippen molar-refractivity contribution in [2.45, 2.75) is 57.9 Å². The van der Waals surface area contributed by atoms with Crippen LogP contribution in [0.3, 0.4) is 0 Å². The molecule has 2 aliphatic carbocycles. The standard InChI is InChI=1S/C24H29FN4O3/c1-2-29(12-11-26-22(30)16-8-9-16)24(32)19-13-15(7-10-20(19)25)14-21-17-5-3-4-6-18(17)23(31)28-27-21/h7,10,13,16,21H,2-6,8-9,11-12,14H2,1H3,(H,26,30). The highest BCUT2D eigenvalue weighted by atomic mass is 19.1. The highest BCUT2D eigenvalue weighted by Crippen LogP contribution is 2.34. The van der Waals surface area contributed by atoms with E-state index < -0.39 is 11.7 Å². The van der Waals surface area contributed by atoms with Crippen molar-refractivity contribution in [3.05, 3.63) is 46.3 Å². The number of rotatable bonds is 8. The zero-order chi connectivity index (χ0) is 22.7. The van der Waals surface area contributed by atoms with Gasteiger partial charge in [0.25, 0.3) is 11.8 Å². The van der Waals surface area contributed by atoms with Gasteiger partial charge in [-0.2, -0.15) is 5.11 Å². The quantitative estimate of drug-likeness (QED) is 0.670. The van der Waals surface area contributed by atoms with Crippen LogP contribution in [0.1, 0.15) is 61.4 Å². The summed E-state index contributed by atoms with van der Waals surface area (Å²) in [7, 11) is 0. The maximum atomic E-state index is 14.6. The predicted octanol–water partition coefficient (Wildman–Crippen LogP) is 3.59. The first kappa shape index (κ1) is 22.3. The van der Waals surface area contributed by atoms with Crippen molar-refractivity contribution in [2.75, 3.05) is 19.6 Å². The predicted molar refractivity (Wildman–Crippen MR) is 117 cm³/mol. The fraction of sp³-hybridized carbons (Fsp3) is 0.542. The fourth-order valence-corrected chi connectivity index (χ4v) is 4.42. The Morgan fingerprint density at radius 3 is 2.75 bits per heavy atom. The Morgan fingerprint density at radius 2 is 2.00 bits per heavy atom. The second kappa shape index (κ2) is 9.71. The van der Waals surface area contributed by atoms with Crippen LogP contribution in [-0.4, -0.2) is 48.3 Å². The van der Waals surface area contributed by atoms with Gasteiger partial charge in [0, 0.05) is 37.5 Å². The average Bonchev–Trinajstić information content (AvgIpc) is 3.65. The Kier molecular flexibility index (Phi) is 6.77. The Bertz CT molecular complexity index is 983. The minimum Gasteiger partial charge on any atom is -0.354 e. The molecular formula is C24H29FN4O3. The first-order valence-electron chi connectivity index (χ1n) is 11.5. The lowest BCUT2D eigenvalue weighted by Gasteiger charge is -2.26. The number of hydrogen-bond donors (Lipinski definition) is 1. The van der Waals surface area contributed by atoms with Gasteiger partial charge in [-0.1, -0.05) is 6.07 Å². The number of nitrogens with one attached hydrogen (secondary N) is 1. The third-order valence-corrected chi connectivity index (χ3v) is 6.45. The van der Waals surface area contributed by atoms with Crippen LogP contribution >= 0.6 is 0 Å². The third kappa shape index (κ3) is 4.95. The molecule has 1 aliphatic heterocycles. The normalized spacial score (nSPS) is 20.2. The molecule has 7 nitrogen and oxygen atoms in total.